The highest BCUT2D eigenvalue weighted by molar-refractivity contribution is 5.33. The van der Waals surface area contributed by atoms with E-state index < -0.39 is 12.1 Å². The number of rotatable bonds is 2. The van der Waals surface area contributed by atoms with Gasteiger partial charge in [-0.1, -0.05) is 0 Å². The van der Waals surface area contributed by atoms with Crippen LogP contribution in [0.25, 0.3) is 0 Å². The molecule has 1 N–H and O–H groups in total. The van der Waals surface area contributed by atoms with Crippen LogP contribution in [0.4, 0.5) is 19.1 Å². The van der Waals surface area contributed by atoms with Gasteiger partial charge >= 0.3 is 6.18 Å². The number of aromatic nitrogens is 2. The molecule has 1 aromatic heterocycles. The van der Waals surface area contributed by atoms with Crippen LogP contribution in [0.15, 0.2) is 12.4 Å². The lowest BCUT2D eigenvalue weighted by atomic mass is 9.97. The Morgan fingerprint density at radius 2 is 1.89 bits per heavy atom. The summed E-state index contributed by atoms with van der Waals surface area (Å²) in [6.07, 6.45) is -0.531. The van der Waals surface area contributed by atoms with Gasteiger partial charge < -0.3 is 10.2 Å². The molecule has 0 aliphatic carbocycles. The molecule has 1 aromatic rings. The number of nitrogens with zero attached hydrogens (tertiary/aromatic N) is 3. The first kappa shape index (κ1) is 12.7. The van der Waals surface area contributed by atoms with E-state index >= 15 is 0 Å². The summed E-state index contributed by atoms with van der Waals surface area (Å²) in [5.41, 5.74) is 1.05. The van der Waals surface area contributed by atoms with E-state index in [0.717, 1.165) is 18.7 Å². The van der Waals surface area contributed by atoms with E-state index in [2.05, 4.69) is 15.3 Å². The number of nitrogens with one attached hydrogen (secondary N) is 1. The van der Waals surface area contributed by atoms with Gasteiger partial charge in [0.2, 0.25) is 5.95 Å². The number of hydrogen-bond donors (Lipinski definition) is 1. The third kappa shape index (κ3) is 2.51. The van der Waals surface area contributed by atoms with Gasteiger partial charge in [0.25, 0.3) is 0 Å². The normalized spacial score (nSPS) is 24.6. The quantitative estimate of drug-likeness (QED) is 0.887. The van der Waals surface area contributed by atoms with Crippen LogP contribution >= 0.6 is 0 Å². The lowest BCUT2D eigenvalue weighted by Gasteiger charge is -2.27. The summed E-state index contributed by atoms with van der Waals surface area (Å²) in [5, 5.41) is 3.16. The van der Waals surface area contributed by atoms with Gasteiger partial charge in [0, 0.05) is 44.5 Å². The second-order valence-corrected chi connectivity index (χ2v) is 5.14. The van der Waals surface area contributed by atoms with Gasteiger partial charge in [0.05, 0.1) is 5.92 Å². The summed E-state index contributed by atoms with van der Waals surface area (Å²) in [4.78, 5) is 10.0. The average Bonchev–Trinajstić information content (AvgIpc) is 2.76. The Hall–Kier alpha value is -1.37. The van der Waals surface area contributed by atoms with Crippen LogP contribution in [0.5, 0.6) is 0 Å². The number of alkyl halides is 3. The minimum Gasteiger partial charge on any atom is -0.340 e. The Balaban J connectivity index is 1.66. The second kappa shape index (κ2) is 4.63. The van der Waals surface area contributed by atoms with E-state index in [9.17, 15) is 13.2 Å². The largest absolute Gasteiger partial charge is 0.393 e. The molecule has 0 spiro atoms. The van der Waals surface area contributed by atoms with E-state index in [1.165, 1.54) is 0 Å². The molecule has 7 heteroatoms. The number of halogens is 3. The monoisotopic (exact) mass is 272 g/mol. The fraction of sp³-hybridized carbons (Fsp3) is 0.667. The van der Waals surface area contributed by atoms with Crippen LogP contribution in [-0.4, -0.2) is 42.3 Å². The summed E-state index contributed by atoms with van der Waals surface area (Å²) in [6, 6.07) is 0. The van der Waals surface area contributed by atoms with E-state index in [-0.39, 0.29) is 13.0 Å². The van der Waals surface area contributed by atoms with Crippen molar-refractivity contribution in [2.24, 2.45) is 5.92 Å². The standard InChI is InChI=1S/C12H15F3N4/c13-12(14,15)10-1-2-19(7-10)11-17-5-9(6-18-11)8-3-16-4-8/h5-6,8,10,16H,1-4,7H2/t10-/m0/s1. The van der Waals surface area contributed by atoms with Crippen molar-refractivity contribution in [1.29, 1.82) is 0 Å². The zero-order valence-electron chi connectivity index (χ0n) is 10.3. The zero-order valence-corrected chi connectivity index (χ0v) is 10.3. The fourth-order valence-corrected chi connectivity index (χ4v) is 2.44. The Bertz CT molecular complexity index is 441. The topological polar surface area (TPSA) is 41.1 Å². The van der Waals surface area contributed by atoms with E-state index in [1.807, 2.05) is 0 Å². The van der Waals surface area contributed by atoms with Crippen molar-refractivity contribution in [3.05, 3.63) is 18.0 Å². The molecule has 0 aromatic carbocycles. The first-order valence-electron chi connectivity index (χ1n) is 6.38. The van der Waals surface area contributed by atoms with Crippen LogP contribution in [0.2, 0.25) is 0 Å². The Kier molecular flexibility index (Phi) is 3.08. The van der Waals surface area contributed by atoms with Gasteiger partial charge in [-0.3, -0.25) is 0 Å². The molecule has 0 radical (unpaired) electrons. The van der Waals surface area contributed by atoms with Gasteiger partial charge in [-0.05, 0) is 12.0 Å². The lowest BCUT2D eigenvalue weighted by molar-refractivity contribution is -0.168. The number of hydrogen-bond acceptors (Lipinski definition) is 4. The minimum atomic E-state index is -4.12. The van der Waals surface area contributed by atoms with Crippen molar-refractivity contribution in [3.8, 4) is 0 Å². The third-order valence-electron chi connectivity index (χ3n) is 3.85. The maximum absolute atomic E-state index is 12.6. The summed E-state index contributed by atoms with van der Waals surface area (Å²) in [6.45, 7) is 2.17. The molecular formula is C12H15F3N4. The van der Waals surface area contributed by atoms with E-state index in [1.54, 1.807) is 17.3 Å². The summed E-state index contributed by atoms with van der Waals surface area (Å²) in [5.74, 6) is -0.412. The SMILES string of the molecule is FC(F)(F)[C@H]1CCN(c2ncc(C3CNC3)cn2)C1. The molecular weight excluding hydrogens is 257 g/mol. The smallest absolute Gasteiger partial charge is 0.340 e. The summed E-state index contributed by atoms with van der Waals surface area (Å²) < 4.78 is 37.8. The molecule has 2 aliphatic rings. The lowest BCUT2D eigenvalue weighted by Crippen LogP contribution is -2.40. The molecule has 0 unspecified atom stereocenters. The molecule has 2 fully saturated rings. The highest BCUT2D eigenvalue weighted by Gasteiger charge is 2.44. The molecule has 0 amide bonds. The Morgan fingerprint density at radius 3 is 2.37 bits per heavy atom. The molecule has 3 heterocycles. The zero-order chi connectivity index (χ0) is 13.5. The molecule has 2 saturated heterocycles. The van der Waals surface area contributed by atoms with Crippen LogP contribution < -0.4 is 10.2 Å². The van der Waals surface area contributed by atoms with E-state index in [0.29, 0.717) is 18.4 Å². The van der Waals surface area contributed by atoms with E-state index in [4.69, 9.17) is 0 Å². The molecule has 0 saturated carbocycles. The maximum atomic E-state index is 12.6. The summed E-state index contributed by atoms with van der Waals surface area (Å²) in [7, 11) is 0. The van der Waals surface area contributed by atoms with Crippen LogP contribution in [-0.2, 0) is 0 Å². The van der Waals surface area contributed by atoms with Gasteiger partial charge in [0.15, 0.2) is 0 Å². The molecule has 1 atom stereocenters. The molecule has 3 rings (SSSR count). The molecule has 4 nitrogen and oxygen atoms in total. The van der Waals surface area contributed by atoms with Gasteiger partial charge in [0.1, 0.15) is 0 Å². The highest BCUT2D eigenvalue weighted by atomic mass is 19.4. The fourth-order valence-electron chi connectivity index (χ4n) is 2.44. The maximum Gasteiger partial charge on any atom is 0.393 e. The van der Waals surface area contributed by atoms with Gasteiger partial charge in [-0.15, -0.1) is 0 Å². The predicted octanol–water partition coefficient (Wildman–Crippen LogP) is 1.55. The van der Waals surface area contributed by atoms with Crippen LogP contribution in [0.1, 0.15) is 17.9 Å². The minimum absolute atomic E-state index is 0.0339. The molecule has 2 aliphatic heterocycles. The first-order valence-corrected chi connectivity index (χ1v) is 6.38. The van der Waals surface area contributed by atoms with Crippen molar-refractivity contribution >= 4 is 5.95 Å². The average molecular weight is 272 g/mol. The highest BCUT2D eigenvalue weighted by Crippen LogP contribution is 2.34. The first-order chi connectivity index (χ1) is 9.04. The Labute approximate surface area is 109 Å². The van der Waals surface area contributed by atoms with Gasteiger partial charge in [-0.25, -0.2) is 9.97 Å². The Morgan fingerprint density at radius 1 is 1.21 bits per heavy atom. The third-order valence-corrected chi connectivity index (χ3v) is 3.85. The van der Waals surface area contributed by atoms with Crippen LogP contribution in [0.3, 0.4) is 0 Å². The van der Waals surface area contributed by atoms with Crippen molar-refractivity contribution in [2.45, 2.75) is 18.5 Å². The summed E-state index contributed by atoms with van der Waals surface area (Å²) >= 11 is 0. The predicted molar refractivity (Wildman–Crippen MR) is 64.0 cm³/mol. The van der Waals surface area contributed by atoms with Crippen molar-refractivity contribution in [3.63, 3.8) is 0 Å². The van der Waals surface area contributed by atoms with Gasteiger partial charge in [-0.2, -0.15) is 13.2 Å². The number of anilines is 1. The van der Waals surface area contributed by atoms with Crippen molar-refractivity contribution in [1.82, 2.24) is 15.3 Å². The molecule has 104 valence electrons. The molecule has 0 bridgehead atoms. The van der Waals surface area contributed by atoms with Crippen molar-refractivity contribution in [2.75, 3.05) is 31.1 Å². The van der Waals surface area contributed by atoms with Crippen molar-refractivity contribution < 1.29 is 13.2 Å². The van der Waals surface area contributed by atoms with Crippen LogP contribution in [0, 0.1) is 5.92 Å². The molecule has 19 heavy (non-hydrogen) atoms. The second-order valence-electron chi connectivity index (χ2n) is 5.14.